The molecule has 4 rings (SSSR count). The molecule has 0 atom stereocenters. The van der Waals surface area contributed by atoms with E-state index in [0.717, 1.165) is 63.9 Å². The number of likely N-dealkylation sites (N-methyl/N-ethyl adjacent to an activating group) is 1. The van der Waals surface area contributed by atoms with E-state index in [2.05, 4.69) is 55.3 Å². The third kappa shape index (κ3) is 6.70. The zero-order valence-corrected chi connectivity index (χ0v) is 22.9. The molecule has 1 aromatic heterocycles. The lowest BCUT2D eigenvalue weighted by Crippen LogP contribution is -2.43. The molecule has 1 aliphatic rings. The minimum absolute atomic E-state index is 0.0687. The van der Waals surface area contributed by atoms with Gasteiger partial charge in [0.05, 0.1) is 22.9 Å². The van der Waals surface area contributed by atoms with E-state index in [1.54, 1.807) is 13.3 Å². The van der Waals surface area contributed by atoms with Crippen LogP contribution >= 0.6 is 31.9 Å². The van der Waals surface area contributed by atoms with Gasteiger partial charge in [-0.1, -0.05) is 34.1 Å². The van der Waals surface area contributed by atoms with Crippen molar-refractivity contribution in [3.05, 3.63) is 75.8 Å². The maximum absolute atomic E-state index is 12.5. The van der Waals surface area contributed by atoms with Crippen molar-refractivity contribution in [2.75, 3.05) is 46.1 Å². The lowest BCUT2D eigenvalue weighted by molar-refractivity contribution is 0.148. The van der Waals surface area contributed by atoms with Crippen molar-refractivity contribution < 1.29 is 13.2 Å². The van der Waals surface area contributed by atoms with Crippen molar-refractivity contribution in [2.45, 2.75) is 6.54 Å². The van der Waals surface area contributed by atoms with Crippen LogP contribution in [0.4, 0.5) is 0 Å². The van der Waals surface area contributed by atoms with Crippen molar-refractivity contribution in [2.24, 2.45) is 0 Å². The van der Waals surface area contributed by atoms with Crippen molar-refractivity contribution in [3.63, 3.8) is 0 Å². The molecule has 2 aromatic carbocycles. The lowest BCUT2D eigenvalue weighted by Gasteiger charge is -2.32. The molecular weight excluding hydrogens is 570 g/mol. The molecule has 0 saturated carbocycles. The Morgan fingerprint density at radius 3 is 2.39 bits per heavy atom. The van der Waals surface area contributed by atoms with E-state index in [0.29, 0.717) is 0 Å². The quantitative estimate of drug-likeness (QED) is 0.375. The van der Waals surface area contributed by atoms with E-state index >= 15 is 0 Å². The van der Waals surface area contributed by atoms with Crippen LogP contribution in [0, 0.1) is 0 Å². The number of piperazine rings is 1. The zero-order chi connectivity index (χ0) is 24.0. The molecule has 0 spiro atoms. The molecule has 178 valence electrons. The zero-order valence-electron chi connectivity index (χ0n) is 18.9. The van der Waals surface area contributed by atoms with Gasteiger partial charge in [0.2, 0.25) is 10.0 Å². The number of ether oxygens (including phenoxy) is 1. The molecule has 0 bridgehead atoms. The molecular formula is C24H29Br2N3O3S. The van der Waals surface area contributed by atoms with Crippen LogP contribution in [0.5, 0.6) is 5.75 Å². The summed E-state index contributed by atoms with van der Waals surface area (Å²) in [5, 5.41) is 0.982. The van der Waals surface area contributed by atoms with E-state index in [-0.39, 0.29) is 5.75 Å². The summed E-state index contributed by atoms with van der Waals surface area (Å²) in [6.45, 7) is 8.39. The van der Waals surface area contributed by atoms with Crippen LogP contribution in [0.1, 0.15) is 5.56 Å². The summed E-state index contributed by atoms with van der Waals surface area (Å²) in [6.07, 6.45) is 3.20. The second kappa shape index (κ2) is 11.7. The van der Waals surface area contributed by atoms with Gasteiger partial charge < -0.3 is 9.64 Å². The van der Waals surface area contributed by atoms with Crippen LogP contribution in [0.15, 0.2) is 70.3 Å². The van der Waals surface area contributed by atoms with Crippen LogP contribution in [0.2, 0.25) is 0 Å². The Labute approximate surface area is 213 Å². The highest BCUT2D eigenvalue weighted by molar-refractivity contribution is 9.10. The van der Waals surface area contributed by atoms with E-state index in [9.17, 15) is 8.42 Å². The highest BCUT2D eigenvalue weighted by atomic mass is 79.9. The number of fused-ring (bicyclic) bond motifs is 1. The fourth-order valence-corrected chi connectivity index (χ4v) is 5.69. The highest BCUT2D eigenvalue weighted by Gasteiger charge is 2.21. The third-order valence-corrected chi connectivity index (χ3v) is 8.20. The van der Waals surface area contributed by atoms with E-state index in [4.69, 9.17) is 4.74 Å². The Morgan fingerprint density at radius 1 is 1.09 bits per heavy atom. The Kier molecular flexibility index (Phi) is 9.17. The molecule has 0 amide bonds. The smallest absolute Gasteiger partial charge is 0.242 e. The summed E-state index contributed by atoms with van der Waals surface area (Å²) in [6, 6.07) is 13.5. The normalized spacial score (nSPS) is 15.2. The lowest BCUT2D eigenvalue weighted by atomic mass is 10.1. The van der Waals surface area contributed by atoms with Gasteiger partial charge in [-0.25, -0.2) is 12.4 Å². The van der Waals surface area contributed by atoms with Crippen LogP contribution < -0.4 is 4.74 Å². The summed E-state index contributed by atoms with van der Waals surface area (Å²) in [4.78, 5) is 4.69. The van der Waals surface area contributed by atoms with Gasteiger partial charge in [-0.15, -0.1) is 6.58 Å². The summed E-state index contributed by atoms with van der Waals surface area (Å²) in [5.74, 6) is 0.804. The monoisotopic (exact) mass is 597 g/mol. The number of nitrogens with zero attached hydrogens (tertiary/aromatic N) is 3. The van der Waals surface area contributed by atoms with E-state index in [1.165, 1.54) is 10.0 Å². The molecule has 1 fully saturated rings. The molecule has 0 aliphatic carbocycles. The van der Waals surface area contributed by atoms with Crippen molar-refractivity contribution in [3.8, 4) is 5.75 Å². The maximum Gasteiger partial charge on any atom is 0.242 e. The van der Waals surface area contributed by atoms with Gasteiger partial charge in [-0.05, 0) is 58.9 Å². The minimum atomic E-state index is -3.42. The molecule has 9 heteroatoms. The first-order chi connectivity index (χ1) is 15.7. The van der Waals surface area contributed by atoms with Gasteiger partial charge in [0.25, 0.3) is 0 Å². The summed E-state index contributed by atoms with van der Waals surface area (Å²) in [5.41, 5.74) is 1.77. The first-order valence-electron chi connectivity index (χ1n) is 10.6. The second-order valence-electron chi connectivity index (χ2n) is 7.89. The van der Waals surface area contributed by atoms with Crippen LogP contribution in [-0.2, 0) is 16.6 Å². The number of rotatable bonds is 6. The van der Waals surface area contributed by atoms with Gasteiger partial charge in [0, 0.05) is 48.8 Å². The predicted molar refractivity (Wildman–Crippen MR) is 142 cm³/mol. The summed E-state index contributed by atoms with van der Waals surface area (Å²) < 4.78 is 33.4. The molecule has 2 heterocycles. The summed E-state index contributed by atoms with van der Waals surface area (Å²) >= 11 is 6.83. The van der Waals surface area contributed by atoms with Gasteiger partial charge in [0.15, 0.2) is 0 Å². The van der Waals surface area contributed by atoms with Crippen molar-refractivity contribution in [1.82, 2.24) is 13.8 Å². The number of benzene rings is 2. The Hall–Kier alpha value is -1.65. The Balaban J connectivity index is 0.000000286. The van der Waals surface area contributed by atoms with Crippen molar-refractivity contribution >= 4 is 52.8 Å². The standard InChI is InChI=1S/C17H22BrN3O2S.C7H7BrO/c1-3-10-24(22,23)21-13-14(12-20-8-6-19(2)7-9-20)16-11-15(18)4-5-17(16)21;1-9-7-5-3-2-4-6(7)8/h3-5,11,13H,1,6-10,12H2,2H3;2-5H,1H3. The van der Waals surface area contributed by atoms with Gasteiger partial charge in [0.1, 0.15) is 5.75 Å². The van der Waals surface area contributed by atoms with Crippen LogP contribution in [0.3, 0.4) is 0 Å². The molecule has 0 unspecified atom stereocenters. The van der Waals surface area contributed by atoms with E-state index in [1.807, 2.05) is 42.5 Å². The van der Waals surface area contributed by atoms with Gasteiger partial charge in [-0.2, -0.15) is 0 Å². The maximum atomic E-state index is 12.5. The van der Waals surface area contributed by atoms with Gasteiger partial charge in [-0.3, -0.25) is 4.90 Å². The average molecular weight is 599 g/mol. The number of halogens is 2. The third-order valence-electron chi connectivity index (χ3n) is 5.49. The molecule has 0 radical (unpaired) electrons. The first kappa shape index (κ1) is 26.0. The Morgan fingerprint density at radius 2 is 1.79 bits per heavy atom. The average Bonchev–Trinajstić information content (AvgIpc) is 3.14. The SMILES string of the molecule is C=CCS(=O)(=O)n1cc(CN2CCN(C)CC2)c2cc(Br)ccc21.COc1ccccc1Br. The fourth-order valence-electron chi connectivity index (χ4n) is 3.68. The molecule has 6 nitrogen and oxygen atoms in total. The van der Waals surface area contributed by atoms with E-state index < -0.39 is 10.0 Å². The minimum Gasteiger partial charge on any atom is -0.496 e. The van der Waals surface area contributed by atoms with Crippen molar-refractivity contribution in [1.29, 1.82) is 0 Å². The topological polar surface area (TPSA) is 54.8 Å². The van der Waals surface area contributed by atoms with Crippen LogP contribution in [0.25, 0.3) is 10.9 Å². The predicted octanol–water partition coefficient (Wildman–Crippen LogP) is 4.97. The second-order valence-corrected chi connectivity index (χ2v) is 11.6. The largest absolute Gasteiger partial charge is 0.496 e. The van der Waals surface area contributed by atoms with Crippen LogP contribution in [-0.4, -0.2) is 68.3 Å². The fraction of sp³-hybridized carbons (Fsp3) is 0.333. The summed E-state index contributed by atoms with van der Waals surface area (Å²) in [7, 11) is 0.358. The number of hydrogen-bond acceptors (Lipinski definition) is 5. The number of aromatic nitrogens is 1. The number of para-hydroxylation sites is 1. The molecule has 0 N–H and O–H groups in total. The van der Waals surface area contributed by atoms with Gasteiger partial charge >= 0.3 is 0 Å². The molecule has 1 saturated heterocycles. The Bertz CT molecular complexity index is 1200. The molecule has 3 aromatic rings. The first-order valence-corrected chi connectivity index (χ1v) is 13.8. The number of hydrogen-bond donors (Lipinski definition) is 0. The molecule has 33 heavy (non-hydrogen) atoms. The number of methoxy groups -OCH3 is 1. The molecule has 1 aliphatic heterocycles. The highest BCUT2D eigenvalue weighted by Crippen LogP contribution is 2.28.